The van der Waals surface area contributed by atoms with Gasteiger partial charge >= 0.3 is 0 Å². The fourth-order valence-electron chi connectivity index (χ4n) is 1.23. The van der Waals surface area contributed by atoms with Crippen LogP contribution in [0.25, 0.3) is 0 Å². The fourth-order valence-corrected chi connectivity index (χ4v) is 2.84. The Morgan fingerprint density at radius 1 is 1.11 bits per heavy atom. The maximum Gasteiger partial charge on any atom is 0.271 e. The molecule has 0 amide bonds. The number of nitrogens with zero attached hydrogens (tertiary/aromatic N) is 3. The molecule has 6 nitrogen and oxygen atoms in total. The molecule has 1 aromatic carbocycles. The van der Waals surface area contributed by atoms with Gasteiger partial charge in [-0.25, -0.2) is 9.97 Å². The van der Waals surface area contributed by atoms with Gasteiger partial charge in [0.15, 0.2) is 5.75 Å². The van der Waals surface area contributed by atoms with Crippen molar-refractivity contribution in [2.75, 3.05) is 0 Å². The van der Waals surface area contributed by atoms with E-state index in [9.17, 15) is 10.1 Å². The lowest BCUT2D eigenvalue weighted by molar-refractivity contribution is -0.385. The van der Waals surface area contributed by atoms with Crippen molar-refractivity contribution < 1.29 is 9.66 Å². The van der Waals surface area contributed by atoms with Crippen LogP contribution in [0.5, 0.6) is 11.6 Å². The van der Waals surface area contributed by atoms with Gasteiger partial charge in [0.05, 0.1) is 13.9 Å². The van der Waals surface area contributed by atoms with Crippen LogP contribution < -0.4 is 4.74 Å². The summed E-state index contributed by atoms with van der Waals surface area (Å²) in [4.78, 5) is 18.0. The quantitative estimate of drug-likeness (QED) is 0.389. The first-order chi connectivity index (χ1) is 8.97. The normalized spacial score (nSPS) is 10.3. The van der Waals surface area contributed by atoms with E-state index in [4.69, 9.17) is 4.74 Å². The van der Waals surface area contributed by atoms with Crippen LogP contribution in [0, 0.1) is 10.1 Å². The molecule has 0 aliphatic carbocycles. The predicted octanol–water partition coefficient (Wildman–Crippen LogP) is 4.46. The Kier molecular flexibility index (Phi) is 4.48. The number of nitro benzene ring substituents is 1. The van der Waals surface area contributed by atoms with Gasteiger partial charge in [-0.05, 0) is 47.8 Å². The van der Waals surface area contributed by atoms with Gasteiger partial charge in [0.2, 0.25) is 5.88 Å². The smallest absolute Gasteiger partial charge is 0.271 e. The van der Waals surface area contributed by atoms with Crippen molar-refractivity contribution >= 4 is 53.5 Å². The third kappa shape index (κ3) is 3.48. The summed E-state index contributed by atoms with van der Waals surface area (Å²) in [6.45, 7) is 0. The molecule has 0 aliphatic rings. The number of aromatic nitrogens is 2. The number of hydrogen-bond donors (Lipinski definition) is 0. The summed E-state index contributed by atoms with van der Waals surface area (Å²) in [5, 5.41) is 10.7. The largest absolute Gasteiger partial charge is 0.436 e. The minimum absolute atomic E-state index is 0.0463. The third-order valence-electron chi connectivity index (χ3n) is 2.01. The standard InChI is InChI=1S/C10H4Br3N3O3/c11-6-1-5(16(17)18)2-7(12)10(6)19-9-3-8(13)14-4-15-9/h1-4H. The van der Waals surface area contributed by atoms with E-state index in [2.05, 4.69) is 57.8 Å². The lowest BCUT2D eigenvalue weighted by Gasteiger charge is -2.08. The molecule has 0 fully saturated rings. The lowest BCUT2D eigenvalue weighted by atomic mass is 10.3. The number of halogens is 3. The highest BCUT2D eigenvalue weighted by molar-refractivity contribution is 9.11. The second-order valence-electron chi connectivity index (χ2n) is 3.28. The van der Waals surface area contributed by atoms with Crippen LogP contribution in [0.2, 0.25) is 0 Å². The van der Waals surface area contributed by atoms with Gasteiger partial charge in [0.1, 0.15) is 10.9 Å². The molecule has 2 rings (SSSR count). The van der Waals surface area contributed by atoms with E-state index in [1.165, 1.54) is 18.5 Å². The highest BCUT2D eigenvalue weighted by atomic mass is 79.9. The predicted molar refractivity (Wildman–Crippen MR) is 78.3 cm³/mol. The van der Waals surface area contributed by atoms with Gasteiger partial charge in [-0.15, -0.1) is 0 Å². The fraction of sp³-hybridized carbons (Fsp3) is 0. The molecule has 9 heteroatoms. The highest BCUT2D eigenvalue weighted by Gasteiger charge is 2.16. The Bertz CT molecular complexity index is 628. The zero-order valence-corrected chi connectivity index (χ0v) is 13.8. The highest BCUT2D eigenvalue weighted by Crippen LogP contribution is 2.39. The van der Waals surface area contributed by atoms with Gasteiger partial charge in [0, 0.05) is 18.2 Å². The molecule has 0 aliphatic heterocycles. The number of nitro groups is 1. The number of hydrogen-bond acceptors (Lipinski definition) is 5. The van der Waals surface area contributed by atoms with Crippen LogP contribution in [0.15, 0.2) is 38.1 Å². The first-order valence-electron chi connectivity index (χ1n) is 4.76. The first kappa shape index (κ1) is 14.4. The zero-order valence-electron chi connectivity index (χ0n) is 9.01. The van der Waals surface area contributed by atoms with E-state index >= 15 is 0 Å². The summed E-state index contributed by atoms with van der Waals surface area (Å²) < 4.78 is 7.03. The van der Waals surface area contributed by atoms with E-state index in [-0.39, 0.29) is 5.69 Å². The Morgan fingerprint density at radius 3 is 2.26 bits per heavy atom. The van der Waals surface area contributed by atoms with Gasteiger partial charge in [-0.1, -0.05) is 0 Å². The van der Waals surface area contributed by atoms with E-state index in [0.717, 1.165) is 0 Å². The summed E-state index contributed by atoms with van der Waals surface area (Å²) in [6, 6.07) is 4.30. The molecule has 98 valence electrons. The Hall–Kier alpha value is -1.06. The number of benzene rings is 1. The molecule has 0 N–H and O–H groups in total. The first-order valence-corrected chi connectivity index (χ1v) is 7.14. The van der Waals surface area contributed by atoms with Crippen LogP contribution in [0.1, 0.15) is 0 Å². The molecule has 0 atom stereocenters. The molecule has 1 aromatic heterocycles. The van der Waals surface area contributed by atoms with Crippen molar-refractivity contribution in [2.24, 2.45) is 0 Å². The number of rotatable bonds is 3. The molecule has 19 heavy (non-hydrogen) atoms. The van der Waals surface area contributed by atoms with Crippen molar-refractivity contribution in [3.05, 3.63) is 48.2 Å². The minimum atomic E-state index is -0.486. The SMILES string of the molecule is O=[N+]([O-])c1cc(Br)c(Oc2cc(Br)ncn2)c(Br)c1. The topological polar surface area (TPSA) is 78.2 Å². The molecular formula is C10H4Br3N3O3. The second-order valence-corrected chi connectivity index (χ2v) is 5.80. The minimum Gasteiger partial charge on any atom is -0.436 e. The van der Waals surface area contributed by atoms with Gasteiger partial charge in [-0.2, -0.15) is 0 Å². The lowest BCUT2D eigenvalue weighted by Crippen LogP contribution is -1.93. The number of non-ortho nitro benzene ring substituents is 1. The van der Waals surface area contributed by atoms with Crippen molar-refractivity contribution in [3.63, 3.8) is 0 Å². The van der Waals surface area contributed by atoms with E-state index in [0.29, 0.717) is 25.2 Å². The molecule has 0 spiro atoms. The molecule has 0 bridgehead atoms. The molecule has 2 aromatic rings. The summed E-state index contributed by atoms with van der Waals surface area (Å²) in [6.07, 6.45) is 1.34. The third-order valence-corrected chi connectivity index (χ3v) is 3.62. The van der Waals surface area contributed by atoms with Crippen LogP contribution in [-0.2, 0) is 0 Å². The average Bonchev–Trinajstić information content (AvgIpc) is 2.33. The van der Waals surface area contributed by atoms with Crippen LogP contribution in [0.4, 0.5) is 5.69 Å². The summed E-state index contributed by atoms with van der Waals surface area (Å²) >= 11 is 9.65. The molecule has 0 radical (unpaired) electrons. The molecule has 1 heterocycles. The van der Waals surface area contributed by atoms with Crippen molar-refractivity contribution in [3.8, 4) is 11.6 Å². The van der Waals surface area contributed by atoms with E-state index < -0.39 is 4.92 Å². The maximum absolute atomic E-state index is 10.7. The Morgan fingerprint density at radius 2 is 1.74 bits per heavy atom. The summed E-state index contributed by atoms with van der Waals surface area (Å²) in [5.41, 5.74) is -0.0463. The molecule has 0 saturated heterocycles. The van der Waals surface area contributed by atoms with Crippen LogP contribution >= 0.6 is 47.8 Å². The second kappa shape index (κ2) is 5.93. The maximum atomic E-state index is 10.7. The zero-order chi connectivity index (χ0) is 14.0. The van der Waals surface area contributed by atoms with Crippen LogP contribution in [-0.4, -0.2) is 14.9 Å². The van der Waals surface area contributed by atoms with Crippen molar-refractivity contribution in [1.29, 1.82) is 0 Å². The van der Waals surface area contributed by atoms with Gasteiger partial charge in [-0.3, -0.25) is 10.1 Å². The Balaban J connectivity index is 2.38. The molecular weight excluding hydrogens is 450 g/mol. The summed E-state index contributed by atoms with van der Waals surface area (Å²) in [5.74, 6) is 0.716. The molecule has 0 saturated carbocycles. The van der Waals surface area contributed by atoms with Crippen LogP contribution in [0.3, 0.4) is 0 Å². The van der Waals surface area contributed by atoms with Gasteiger partial charge < -0.3 is 4.74 Å². The average molecular weight is 454 g/mol. The van der Waals surface area contributed by atoms with Crippen molar-refractivity contribution in [1.82, 2.24) is 9.97 Å². The van der Waals surface area contributed by atoms with E-state index in [1.807, 2.05) is 0 Å². The number of ether oxygens (including phenoxy) is 1. The monoisotopic (exact) mass is 451 g/mol. The van der Waals surface area contributed by atoms with Crippen molar-refractivity contribution in [2.45, 2.75) is 0 Å². The summed E-state index contributed by atoms with van der Waals surface area (Å²) in [7, 11) is 0. The van der Waals surface area contributed by atoms with E-state index in [1.54, 1.807) is 6.07 Å². The van der Waals surface area contributed by atoms with Gasteiger partial charge in [0.25, 0.3) is 5.69 Å². The Labute approximate surface area is 132 Å². The molecule has 0 unspecified atom stereocenters.